The number of thioether (sulfide) groups is 1. The molecular weight excluding hydrogens is 435 g/mol. The van der Waals surface area contributed by atoms with E-state index in [0.717, 1.165) is 5.69 Å². The summed E-state index contributed by atoms with van der Waals surface area (Å²) in [6.45, 7) is 1.82. The lowest BCUT2D eigenvalue weighted by molar-refractivity contribution is 0.324. The van der Waals surface area contributed by atoms with Crippen LogP contribution in [-0.4, -0.2) is 41.3 Å². The molecule has 0 radical (unpaired) electrons. The Balaban J connectivity index is 1.84. The molecule has 0 aliphatic carbocycles. The second kappa shape index (κ2) is 9.31. The zero-order valence-corrected chi connectivity index (χ0v) is 18.8. The number of methoxy groups -OCH3 is 3. The van der Waals surface area contributed by atoms with E-state index in [-0.39, 0.29) is 0 Å². The van der Waals surface area contributed by atoms with Crippen LogP contribution in [0.4, 0.5) is 4.39 Å². The van der Waals surface area contributed by atoms with Crippen molar-refractivity contribution in [1.29, 1.82) is 0 Å². The predicted molar refractivity (Wildman–Crippen MR) is 117 cm³/mol. The maximum absolute atomic E-state index is 14.8. The Bertz CT molecular complexity index is 1220. The maximum Gasteiger partial charge on any atom is 0.203 e. The lowest BCUT2D eigenvalue weighted by atomic mass is 10.1. The van der Waals surface area contributed by atoms with E-state index in [4.69, 9.17) is 18.7 Å². The normalized spacial score (nSPS) is 10.9. The van der Waals surface area contributed by atoms with Gasteiger partial charge in [0.1, 0.15) is 11.6 Å². The molecule has 0 bridgehead atoms. The van der Waals surface area contributed by atoms with Crippen molar-refractivity contribution in [2.24, 2.45) is 0 Å². The third-order valence-corrected chi connectivity index (χ3v) is 5.64. The van der Waals surface area contributed by atoms with Crippen LogP contribution in [-0.2, 0) is 5.75 Å². The largest absolute Gasteiger partial charge is 0.493 e. The van der Waals surface area contributed by atoms with E-state index in [9.17, 15) is 4.39 Å². The highest BCUT2D eigenvalue weighted by Crippen LogP contribution is 2.42. The fourth-order valence-electron chi connectivity index (χ4n) is 3.24. The summed E-state index contributed by atoms with van der Waals surface area (Å²) >= 11 is 1.37. The van der Waals surface area contributed by atoms with E-state index in [1.165, 1.54) is 39.2 Å². The van der Waals surface area contributed by atoms with E-state index in [2.05, 4.69) is 15.4 Å². The molecule has 0 amide bonds. The molecule has 0 unspecified atom stereocenters. The van der Waals surface area contributed by atoms with Gasteiger partial charge < -0.3 is 18.7 Å². The Morgan fingerprint density at radius 1 is 1.00 bits per heavy atom. The average Bonchev–Trinajstić information content (AvgIpc) is 3.42. The molecule has 2 heterocycles. The summed E-state index contributed by atoms with van der Waals surface area (Å²) in [4.78, 5) is 0. The first-order valence-electron chi connectivity index (χ1n) is 9.61. The van der Waals surface area contributed by atoms with Gasteiger partial charge in [-0.15, -0.1) is 10.2 Å². The first-order chi connectivity index (χ1) is 15.5. The predicted octanol–water partition coefficient (Wildman–Crippen LogP) is 4.69. The number of hydrogen-bond acceptors (Lipinski definition) is 8. The molecule has 0 saturated carbocycles. The summed E-state index contributed by atoms with van der Waals surface area (Å²) in [6, 6.07) is 11.8. The van der Waals surface area contributed by atoms with Gasteiger partial charge in [0.25, 0.3) is 0 Å². The molecule has 2 aromatic heterocycles. The molecule has 0 fully saturated rings. The van der Waals surface area contributed by atoms with E-state index < -0.39 is 5.82 Å². The van der Waals surface area contributed by atoms with Crippen LogP contribution in [0.1, 0.15) is 11.5 Å². The molecule has 32 heavy (non-hydrogen) atoms. The minimum atomic E-state index is -0.403. The Labute approximate surface area is 188 Å². The fraction of sp³-hybridized carbons (Fsp3) is 0.227. The maximum atomic E-state index is 14.8. The summed E-state index contributed by atoms with van der Waals surface area (Å²) < 4.78 is 37.9. The Morgan fingerprint density at radius 2 is 1.72 bits per heavy atom. The van der Waals surface area contributed by atoms with Gasteiger partial charge in [0.2, 0.25) is 5.75 Å². The van der Waals surface area contributed by atoms with Crippen LogP contribution in [0.25, 0.3) is 17.1 Å². The fourth-order valence-corrected chi connectivity index (χ4v) is 4.06. The number of rotatable bonds is 8. The molecule has 166 valence electrons. The highest BCUT2D eigenvalue weighted by Gasteiger charge is 2.22. The van der Waals surface area contributed by atoms with Crippen molar-refractivity contribution >= 4 is 11.8 Å². The molecular formula is C22H21FN4O4S. The number of halogens is 1. The van der Waals surface area contributed by atoms with Gasteiger partial charge in [0.15, 0.2) is 22.5 Å². The number of benzene rings is 2. The summed E-state index contributed by atoms with van der Waals surface area (Å²) in [5.41, 5.74) is 1.70. The summed E-state index contributed by atoms with van der Waals surface area (Å²) in [7, 11) is 4.59. The third kappa shape index (κ3) is 4.13. The summed E-state index contributed by atoms with van der Waals surface area (Å²) in [5, 5.41) is 13.2. The van der Waals surface area contributed by atoms with Crippen LogP contribution in [0.5, 0.6) is 17.2 Å². The number of aryl methyl sites for hydroxylation is 1. The second-order valence-corrected chi connectivity index (χ2v) is 7.67. The molecule has 0 atom stereocenters. The lowest BCUT2D eigenvalue weighted by Gasteiger charge is -2.15. The van der Waals surface area contributed by atoms with Crippen molar-refractivity contribution in [3.05, 3.63) is 59.7 Å². The quantitative estimate of drug-likeness (QED) is 0.353. The zero-order chi connectivity index (χ0) is 22.7. The van der Waals surface area contributed by atoms with Crippen LogP contribution < -0.4 is 14.2 Å². The van der Waals surface area contributed by atoms with Crippen molar-refractivity contribution in [1.82, 2.24) is 19.9 Å². The third-order valence-electron chi connectivity index (χ3n) is 4.68. The van der Waals surface area contributed by atoms with Gasteiger partial charge in [-0.05, 0) is 31.2 Å². The van der Waals surface area contributed by atoms with Gasteiger partial charge in [-0.3, -0.25) is 4.57 Å². The topological polar surface area (TPSA) is 84.4 Å². The van der Waals surface area contributed by atoms with Gasteiger partial charge >= 0.3 is 0 Å². The van der Waals surface area contributed by atoms with Gasteiger partial charge in [-0.2, -0.15) is 0 Å². The lowest BCUT2D eigenvalue weighted by Crippen LogP contribution is -2.03. The molecule has 0 aliphatic heterocycles. The standard InChI is InChI=1S/C22H21FN4O4S/c1-13-9-15(26-31-13)12-32-22-25-24-21(27(22)17-8-6-5-7-16(17)23)14-10-18(28-2)20(30-4)19(11-14)29-3/h5-11H,12H2,1-4H3. The molecule has 8 nitrogen and oxygen atoms in total. The monoisotopic (exact) mass is 456 g/mol. The number of para-hydroxylation sites is 1. The van der Waals surface area contributed by atoms with Crippen molar-refractivity contribution in [2.75, 3.05) is 21.3 Å². The van der Waals surface area contributed by atoms with Crippen molar-refractivity contribution < 1.29 is 23.1 Å². The Hall–Kier alpha value is -3.53. The van der Waals surface area contributed by atoms with E-state index >= 15 is 0 Å². The Kier molecular flexibility index (Phi) is 6.31. The Morgan fingerprint density at radius 3 is 2.31 bits per heavy atom. The van der Waals surface area contributed by atoms with Gasteiger partial charge in [-0.1, -0.05) is 29.1 Å². The van der Waals surface area contributed by atoms with Gasteiger partial charge in [0, 0.05) is 17.4 Å². The van der Waals surface area contributed by atoms with Crippen LogP contribution in [0, 0.1) is 12.7 Å². The second-order valence-electron chi connectivity index (χ2n) is 6.72. The van der Waals surface area contributed by atoms with Crippen molar-refractivity contribution in [3.63, 3.8) is 0 Å². The van der Waals surface area contributed by atoms with Crippen LogP contribution in [0.3, 0.4) is 0 Å². The summed E-state index contributed by atoms with van der Waals surface area (Å²) in [6.07, 6.45) is 0. The van der Waals surface area contributed by atoms with Crippen molar-refractivity contribution in [2.45, 2.75) is 17.8 Å². The number of nitrogens with zero attached hydrogens (tertiary/aromatic N) is 4. The molecule has 2 aromatic carbocycles. The van der Waals surface area contributed by atoms with Crippen LogP contribution in [0.2, 0.25) is 0 Å². The number of aromatic nitrogens is 4. The molecule has 0 N–H and O–H groups in total. The smallest absolute Gasteiger partial charge is 0.203 e. The average molecular weight is 456 g/mol. The minimum absolute atomic E-state index is 0.320. The molecule has 10 heteroatoms. The SMILES string of the molecule is COc1cc(-c2nnc(SCc3cc(C)on3)n2-c2ccccc2F)cc(OC)c1OC. The van der Waals surface area contributed by atoms with E-state index in [1.807, 2.05) is 13.0 Å². The number of hydrogen-bond donors (Lipinski definition) is 0. The highest BCUT2D eigenvalue weighted by molar-refractivity contribution is 7.98. The summed E-state index contributed by atoms with van der Waals surface area (Å²) in [5.74, 6) is 2.59. The van der Waals surface area contributed by atoms with Crippen molar-refractivity contribution in [3.8, 4) is 34.3 Å². The minimum Gasteiger partial charge on any atom is -0.493 e. The zero-order valence-electron chi connectivity index (χ0n) is 18.0. The molecule has 4 aromatic rings. The molecule has 0 spiro atoms. The molecule has 4 rings (SSSR count). The van der Waals surface area contributed by atoms with Gasteiger partial charge in [-0.25, -0.2) is 4.39 Å². The highest BCUT2D eigenvalue weighted by atomic mass is 32.2. The van der Waals surface area contributed by atoms with Crippen LogP contribution in [0.15, 0.2) is 52.1 Å². The van der Waals surface area contributed by atoms with Gasteiger partial charge in [0.05, 0.1) is 32.7 Å². The first kappa shape index (κ1) is 21.7. The first-order valence-corrected chi connectivity index (χ1v) is 10.6. The molecule has 0 aliphatic rings. The van der Waals surface area contributed by atoms with E-state index in [1.54, 1.807) is 34.9 Å². The number of ether oxygens (including phenoxy) is 3. The molecule has 0 saturated heterocycles. The van der Waals surface area contributed by atoms with E-state index in [0.29, 0.717) is 51.0 Å². The van der Waals surface area contributed by atoms with Crippen LogP contribution >= 0.6 is 11.8 Å².